The number of hydrogen-bond donors (Lipinski definition) is 0. The zero-order valence-electron chi connectivity index (χ0n) is 12.8. The van der Waals surface area contributed by atoms with E-state index in [2.05, 4.69) is 4.98 Å². The molecule has 0 unspecified atom stereocenters. The van der Waals surface area contributed by atoms with Crippen molar-refractivity contribution in [2.24, 2.45) is 0 Å². The van der Waals surface area contributed by atoms with Crippen molar-refractivity contribution in [3.05, 3.63) is 50.8 Å². The van der Waals surface area contributed by atoms with Gasteiger partial charge in [0.2, 0.25) is 11.1 Å². The van der Waals surface area contributed by atoms with Crippen LogP contribution in [-0.4, -0.2) is 18.1 Å². The Morgan fingerprint density at radius 3 is 2.45 bits per heavy atom. The SMILES string of the molecule is COC(=O)c1cc2c(=O)c3cc(C)c(C)cc3oc2nc1C. The van der Waals surface area contributed by atoms with E-state index in [1.807, 2.05) is 19.9 Å². The number of pyridine rings is 1. The molecule has 0 bridgehead atoms. The van der Waals surface area contributed by atoms with Gasteiger partial charge in [-0.1, -0.05) is 0 Å². The fraction of sp³-hybridized carbons (Fsp3) is 0.235. The highest BCUT2D eigenvalue weighted by atomic mass is 16.5. The lowest BCUT2D eigenvalue weighted by molar-refractivity contribution is 0.0599. The summed E-state index contributed by atoms with van der Waals surface area (Å²) in [6.07, 6.45) is 0. The second kappa shape index (κ2) is 4.94. The van der Waals surface area contributed by atoms with Gasteiger partial charge in [-0.2, -0.15) is 0 Å². The lowest BCUT2D eigenvalue weighted by Crippen LogP contribution is -2.10. The monoisotopic (exact) mass is 297 g/mol. The van der Waals surface area contributed by atoms with Gasteiger partial charge in [0.15, 0.2) is 0 Å². The van der Waals surface area contributed by atoms with Gasteiger partial charge in [-0.05, 0) is 50.1 Å². The Hall–Kier alpha value is -2.69. The van der Waals surface area contributed by atoms with Crippen LogP contribution in [-0.2, 0) is 4.74 Å². The van der Waals surface area contributed by atoms with Crippen LogP contribution in [0.5, 0.6) is 0 Å². The van der Waals surface area contributed by atoms with Gasteiger partial charge in [-0.3, -0.25) is 4.79 Å². The average Bonchev–Trinajstić information content (AvgIpc) is 2.48. The van der Waals surface area contributed by atoms with E-state index in [-0.39, 0.29) is 22.1 Å². The first-order valence-electron chi connectivity index (χ1n) is 6.86. The number of benzene rings is 1. The number of ether oxygens (including phenoxy) is 1. The molecule has 1 aromatic carbocycles. The molecule has 0 fully saturated rings. The van der Waals surface area contributed by atoms with Crippen molar-refractivity contribution < 1.29 is 13.9 Å². The summed E-state index contributed by atoms with van der Waals surface area (Å²) >= 11 is 0. The van der Waals surface area contributed by atoms with Crippen molar-refractivity contribution in [3.63, 3.8) is 0 Å². The molecule has 112 valence electrons. The zero-order chi connectivity index (χ0) is 16.0. The van der Waals surface area contributed by atoms with Crippen LogP contribution in [0.25, 0.3) is 22.1 Å². The molecule has 2 aromatic heterocycles. The summed E-state index contributed by atoms with van der Waals surface area (Å²) in [7, 11) is 1.29. The molecule has 2 heterocycles. The van der Waals surface area contributed by atoms with Crippen molar-refractivity contribution in [2.75, 3.05) is 7.11 Å². The van der Waals surface area contributed by atoms with Gasteiger partial charge in [0, 0.05) is 0 Å². The molecule has 5 heteroatoms. The van der Waals surface area contributed by atoms with Gasteiger partial charge in [-0.25, -0.2) is 9.78 Å². The zero-order valence-corrected chi connectivity index (χ0v) is 12.8. The highest BCUT2D eigenvalue weighted by Crippen LogP contribution is 2.22. The van der Waals surface area contributed by atoms with Crippen molar-refractivity contribution in [3.8, 4) is 0 Å². The van der Waals surface area contributed by atoms with Crippen LogP contribution < -0.4 is 5.43 Å². The maximum Gasteiger partial charge on any atom is 0.339 e. The third-order valence-corrected chi connectivity index (χ3v) is 3.88. The summed E-state index contributed by atoms with van der Waals surface area (Å²) in [5.41, 5.74) is 3.31. The van der Waals surface area contributed by atoms with Crippen LogP contribution in [0.1, 0.15) is 27.2 Å². The molecule has 0 spiro atoms. The predicted octanol–water partition coefficient (Wildman–Crippen LogP) is 3.05. The molecule has 5 nitrogen and oxygen atoms in total. The number of esters is 1. The van der Waals surface area contributed by atoms with Gasteiger partial charge in [0.25, 0.3) is 0 Å². The summed E-state index contributed by atoms with van der Waals surface area (Å²) in [6, 6.07) is 5.12. The Balaban J connectivity index is 2.45. The Kier molecular flexibility index (Phi) is 3.20. The van der Waals surface area contributed by atoms with E-state index in [4.69, 9.17) is 9.15 Å². The third kappa shape index (κ3) is 2.06. The molecule has 0 N–H and O–H groups in total. The molecule has 3 rings (SSSR count). The second-order valence-corrected chi connectivity index (χ2v) is 5.33. The van der Waals surface area contributed by atoms with Crippen molar-refractivity contribution >= 4 is 28.0 Å². The number of carbonyl (C=O) groups is 1. The van der Waals surface area contributed by atoms with Crippen molar-refractivity contribution in [2.45, 2.75) is 20.8 Å². The molecule has 22 heavy (non-hydrogen) atoms. The fourth-order valence-electron chi connectivity index (χ4n) is 2.44. The molecule has 0 amide bonds. The van der Waals surface area contributed by atoms with E-state index >= 15 is 0 Å². The van der Waals surface area contributed by atoms with E-state index in [1.165, 1.54) is 13.2 Å². The first kappa shape index (κ1) is 14.3. The smallest absolute Gasteiger partial charge is 0.339 e. The Bertz CT molecular complexity index is 986. The topological polar surface area (TPSA) is 69.4 Å². The van der Waals surface area contributed by atoms with Crippen LogP contribution >= 0.6 is 0 Å². The Labute approximate surface area is 126 Å². The van der Waals surface area contributed by atoms with Gasteiger partial charge < -0.3 is 9.15 Å². The average molecular weight is 297 g/mol. The second-order valence-electron chi connectivity index (χ2n) is 5.33. The predicted molar refractivity (Wildman–Crippen MR) is 83.3 cm³/mol. The minimum Gasteiger partial charge on any atom is -0.465 e. The van der Waals surface area contributed by atoms with Crippen molar-refractivity contribution in [1.29, 1.82) is 0 Å². The molecule has 0 aliphatic carbocycles. The van der Waals surface area contributed by atoms with Gasteiger partial charge in [-0.15, -0.1) is 0 Å². The summed E-state index contributed by atoms with van der Waals surface area (Å²) in [6.45, 7) is 5.57. The summed E-state index contributed by atoms with van der Waals surface area (Å²) in [5, 5.41) is 0.763. The lowest BCUT2D eigenvalue weighted by atomic mass is 10.1. The van der Waals surface area contributed by atoms with Crippen LogP contribution in [0, 0.1) is 20.8 Å². The van der Waals surface area contributed by atoms with Crippen molar-refractivity contribution in [1.82, 2.24) is 4.98 Å². The molecule has 0 aliphatic rings. The van der Waals surface area contributed by atoms with E-state index in [9.17, 15) is 9.59 Å². The lowest BCUT2D eigenvalue weighted by Gasteiger charge is -2.07. The minimum atomic E-state index is -0.522. The number of carbonyl (C=O) groups excluding carboxylic acids is 1. The molecule has 3 aromatic rings. The first-order chi connectivity index (χ1) is 10.4. The number of nitrogens with zero attached hydrogens (tertiary/aromatic N) is 1. The Morgan fingerprint density at radius 1 is 1.09 bits per heavy atom. The highest BCUT2D eigenvalue weighted by Gasteiger charge is 2.16. The normalized spacial score (nSPS) is 11.1. The summed E-state index contributed by atoms with van der Waals surface area (Å²) in [5.74, 6) is -0.522. The van der Waals surface area contributed by atoms with E-state index in [0.717, 1.165) is 11.1 Å². The number of fused-ring (bicyclic) bond motifs is 2. The molecule has 0 radical (unpaired) electrons. The van der Waals surface area contributed by atoms with E-state index in [0.29, 0.717) is 16.7 Å². The number of aryl methyl sites for hydroxylation is 3. The van der Waals surface area contributed by atoms with E-state index in [1.54, 1.807) is 13.0 Å². The molecule has 0 aliphatic heterocycles. The maximum absolute atomic E-state index is 12.7. The van der Waals surface area contributed by atoms with Crippen LogP contribution in [0.4, 0.5) is 0 Å². The molecule has 0 saturated carbocycles. The van der Waals surface area contributed by atoms with Gasteiger partial charge >= 0.3 is 5.97 Å². The van der Waals surface area contributed by atoms with Crippen LogP contribution in [0.2, 0.25) is 0 Å². The van der Waals surface area contributed by atoms with Crippen LogP contribution in [0.15, 0.2) is 27.4 Å². The maximum atomic E-state index is 12.7. The van der Waals surface area contributed by atoms with E-state index < -0.39 is 5.97 Å². The number of methoxy groups -OCH3 is 1. The molecular weight excluding hydrogens is 282 g/mol. The van der Waals surface area contributed by atoms with Gasteiger partial charge in [0.1, 0.15) is 5.58 Å². The Morgan fingerprint density at radius 2 is 1.77 bits per heavy atom. The standard InChI is InChI=1S/C17H15NO4/c1-8-5-12-14(6-9(8)2)22-16-13(15(12)19)7-11(10(3)18-16)17(20)21-4/h5-7H,1-4H3. The number of hydrogen-bond acceptors (Lipinski definition) is 5. The quantitative estimate of drug-likeness (QED) is 0.510. The van der Waals surface area contributed by atoms with Crippen LogP contribution in [0.3, 0.4) is 0 Å². The summed E-state index contributed by atoms with van der Waals surface area (Å²) < 4.78 is 10.5. The third-order valence-electron chi connectivity index (χ3n) is 3.88. The largest absolute Gasteiger partial charge is 0.465 e. The first-order valence-corrected chi connectivity index (χ1v) is 6.86. The minimum absolute atomic E-state index is 0.197. The summed E-state index contributed by atoms with van der Waals surface area (Å²) in [4.78, 5) is 28.7. The molecule has 0 saturated heterocycles. The molecule has 0 atom stereocenters. The van der Waals surface area contributed by atoms with Gasteiger partial charge in [0.05, 0.1) is 29.1 Å². The highest BCUT2D eigenvalue weighted by molar-refractivity contribution is 5.96. The number of rotatable bonds is 1. The number of aromatic nitrogens is 1. The molecular formula is C17H15NO4. The fourth-order valence-corrected chi connectivity index (χ4v) is 2.44.